The number of thioether (sulfide) groups is 1. The standard InChI is InChI=1S/C18H30OS/c1-4-6-8-9-10-18(20-15-7-5-2)16-11-13-17(19-3)14-12-16/h11-14,18H,4-10,15H2,1-3H3. The second kappa shape index (κ2) is 11.1. The maximum Gasteiger partial charge on any atom is 0.118 e. The molecule has 1 aromatic rings. The van der Waals surface area contributed by atoms with Crippen molar-refractivity contribution >= 4 is 11.8 Å². The summed E-state index contributed by atoms with van der Waals surface area (Å²) in [6.45, 7) is 4.54. The predicted octanol–water partition coefficient (Wildman–Crippen LogP) is 6.24. The fourth-order valence-electron chi connectivity index (χ4n) is 2.29. The average molecular weight is 295 g/mol. The molecule has 1 rings (SSSR count). The first-order valence-corrected chi connectivity index (χ1v) is 9.12. The van der Waals surface area contributed by atoms with Crippen molar-refractivity contribution in [2.75, 3.05) is 12.9 Å². The van der Waals surface area contributed by atoms with E-state index in [0.29, 0.717) is 5.25 Å². The van der Waals surface area contributed by atoms with Gasteiger partial charge in [0.1, 0.15) is 5.75 Å². The Morgan fingerprint density at radius 1 is 0.950 bits per heavy atom. The number of hydrogen-bond donors (Lipinski definition) is 0. The third-order valence-electron chi connectivity index (χ3n) is 3.62. The predicted molar refractivity (Wildman–Crippen MR) is 91.9 cm³/mol. The van der Waals surface area contributed by atoms with Crippen LogP contribution < -0.4 is 4.74 Å². The summed E-state index contributed by atoms with van der Waals surface area (Å²) in [4.78, 5) is 0. The van der Waals surface area contributed by atoms with Crippen molar-refractivity contribution in [1.82, 2.24) is 0 Å². The van der Waals surface area contributed by atoms with Crippen LogP contribution in [0.4, 0.5) is 0 Å². The molecule has 0 bridgehead atoms. The van der Waals surface area contributed by atoms with Crippen molar-refractivity contribution in [3.8, 4) is 5.75 Å². The van der Waals surface area contributed by atoms with Crippen LogP contribution >= 0.6 is 11.8 Å². The minimum Gasteiger partial charge on any atom is -0.497 e. The molecule has 0 radical (unpaired) electrons. The Morgan fingerprint density at radius 3 is 2.25 bits per heavy atom. The van der Waals surface area contributed by atoms with E-state index >= 15 is 0 Å². The summed E-state index contributed by atoms with van der Waals surface area (Å²) in [7, 11) is 1.73. The molecule has 20 heavy (non-hydrogen) atoms. The fraction of sp³-hybridized carbons (Fsp3) is 0.667. The molecule has 0 aromatic heterocycles. The van der Waals surface area contributed by atoms with Gasteiger partial charge in [-0.2, -0.15) is 11.8 Å². The largest absolute Gasteiger partial charge is 0.497 e. The van der Waals surface area contributed by atoms with Gasteiger partial charge < -0.3 is 4.74 Å². The molecule has 1 nitrogen and oxygen atoms in total. The third kappa shape index (κ3) is 6.69. The van der Waals surface area contributed by atoms with Crippen LogP contribution in [-0.2, 0) is 0 Å². The summed E-state index contributed by atoms with van der Waals surface area (Å²) in [5.74, 6) is 2.23. The average Bonchev–Trinajstić information content (AvgIpc) is 2.50. The zero-order chi connectivity index (χ0) is 14.6. The molecule has 0 saturated carbocycles. The number of benzene rings is 1. The second-order valence-corrected chi connectivity index (χ2v) is 6.65. The Bertz CT molecular complexity index is 334. The van der Waals surface area contributed by atoms with Crippen molar-refractivity contribution in [2.45, 2.75) is 64.0 Å². The van der Waals surface area contributed by atoms with E-state index < -0.39 is 0 Å². The zero-order valence-corrected chi connectivity index (χ0v) is 14.2. The minimum atomic E-state index is 0.657. The van der Waals surface area contributed by atoms with E-state index in [4.69, 9.17) is 4.74 Å². The highest BCUT2D eigenvalue weighted by Gasteiger charge is 2.11. The Kier molecular flexibility index (Phi) is 9.65. The Labute approximate surface area is 129 Å². The van der Waals surface area contributed by atoms with Gasteiger partial charge in [0, 0.05) is 5.25 Å². The molecule has 2 heteroatoms. The SMILES string of the molecule is CCCCCCC(SCCCC)c1ccc(OC)cc1. The van der Waals surface area contributed by atoms with Gasteiger partial charge in [-0.3, -0.25) is 0 Å². The maximum absolute atomic E-state index is 5.25. The van der Waals surface area contributed by atoms with Gasteiger partial charge in [-0.25, -0.2) is 0 Å². The summed E-state index contributed by atoms with van der Waals surface area (Å²) >= 11 is 2.13. The lowest BCUT2D eigenvalue weighted by Crippen LogP contribution is -1.97. The molecule has 0 fully saturated rings. The summed E-state index contributed by atoms with van der Waals surface area (Å²) in [5.41, 5.74) is 1.46. The lowest BCUT2D eigenvalue weighted by atomic mass is 10.0. The number of unbranched alkanes of at least 4 members (excludes halogenated alkanes) is 4. The number of hydrogen-bond acceptors (Lipinski definition) is 2. The van der Waals surface area contributed by atoms with E-state index in [1.807, 2.05) is 0 Å². The molecule has 1 unspecified atom stereocenters. The van der Waals surface area contributed by atoms with E-state index in [-0.39, 0.29) is 0 Å². The molecule has 0 aliphatic heterocycles. The Hall–Kier alpha value is -0.630. The van der Waals surface area contributed by atoms with Gasteiger partial charge >= 0.3 is 0 Å². The molecule has 1 atom stereocenters. The molecule has 0 amide bonds. The van der Waals surface area contributed by atoms with Gasteiger partial charge in [-0.1, -0.05) is 58.1 Å². The maximum atomic E-state index is 5.25. The topological polar surface area (TPSA) is 9.23 Å². The van der Waals surface area contributed by atoms with Crippen molar-refractivity contribution in [3.63, 3.8) is 0 Å². The molecule has 0 saturated heterocycles. The molecule has 114 valence electrons. The summed E-state index contributed by atoms with van der Waals surface area (Å²) in [6, 6.07) is 8.66. The number of rotatable bonds is 11. The van der Waals surface area contributed by atoms with Crippen LogP contribution in [0.25, 0.3) is 0 Å². The van der Waals surface area contributed by atoms with Crippen molar-refractivity contribution in [3.05, 3.63) is 29.8 Å². The smallest absolute Gasteiger partial charge is 0.118 e. The molecule has 0 spiro atoms. The van der Waals surface area contributed by atoms with Crippen LogP contribution in [0.15, 0.2) is 24.3 Å². The first-order valence-electron chi connectivity index (χ1n) is 8.07. The Morgan fingerprint density at radius 2 is 1.65 bits per heavy atom. The number of methoxy groups -OCH3 is 1. The highest BCUT2D eigenvalue weighted by Crippen LogP contribution is 2.35. The van der Waals surface area contributed by atoms with Crippen molar-refractivity contribution in [2.24, 2.45) is 0 Å². The normalized spacial score (nSPS) is 12.3. The summed E-state index contributed by atoms with van der Waals surface area (Å²) in [6.07, 6.45) is 9.33. The van der Waals surface area contributed by atoms with E-state index in [9.17, 15) is 0 Å². The lowest BCUT2D eigenvalue weighted by Gasteiger charge is -2.17. The molecule has 0 aliphatic rings. The van der Waals surface area contributed by atoms with Crippen LogP contribution in [-0.4, -0.2) is 12.9 Å². The van der Waals surface area contributed by atoms with Crippen LogP contribution in [0.3, 0.4) is 0 Å². The van der Waals surface area contributed by atoms with Crippen LogP contribution in [0, 0.1) is 0 Å². The lowest BCUT2D eigenvalue weighted by molar-refractivity contribution is 0.414. The molecule has 0 heterocycles. The molecule has 1 aromatic carbocycles. The van der Waals surface area contributed by atoms with Crippen LogP contribution in [0.1, 0.15) is 69.6 Å². The summed E-state index contributed by atoms with van der Waals surface area (Å²) < 4.78 is 5.25. The first-order chi connectivity index (χ1) is 9.81. The van der Waals surface area contributed by atoms with Gasteiger partial charge in [0.05, 0.1) is 7.11 Å². The fourth-order valence-corrected chi connectivity index (χ4v) is 3.71. The molecule has 0 aliphatic carbocycles. The highest BCUT2D eigenvalue weighted by molar-refractivity contribution is 7.99. The van der Waals surface area contributed by atoms with E-state index in [2.05, 4.69) is 49.9 Å². The van der Waals surface area contributed by atoms with Gasteiger partial charge in [0.15, 0.2) is 0 Å². The van der Waals surface area contributed by atoms with Crippen molar-refractivity contribution in [1.29, 1.82) is 0 Å². The summed E-state index contributed by atoms with van der Waals surface area (Å²) in [5, 5.41) is 0.657. The number of ether oxygens (including phenoxy) is 1. The zero-order valence-electron chi connectivity index (χ0n) is 13.4. The molecule has 0 N–H and O–H groups in total. The van der Waals surface area contributed by atoms with Gasteiger partial charge in [0.25, 0.3) is 0 Å². The quantitative estimate of drug-likeness (QED) is 0.447. The minimum absolute atomic E-state index is 0.657. The van der Waals surface area contributed by atoms with Crippen LogP contribution in [0.5, 0.6) is 5.75 Å². The monoisotopic (exact) mass is 294 g/mol. The van der Waals surface area contributed by atoms with Gasteiger partial charge in [-0.05, 0) is 36.3 Å². The van der Waals surface area contributed by atoms with E-state index in [0.717, 1.165) is 5.75 Å². The second-order valence-electron chi connectivity index (χ2n) is 5.34. The van der Waals surface area contributed by atoms with E-state index in [1.54, 1.807) is 7.11 Å². The van der Waals surface area contributed by atoms with Crippen LogP contribution in [0.2, 0.25) is 0 Å². The third-order valence-corrected chi connectivity index (χ3v) is 5.06. The van der Waals surface area contributed by atoms with Gasteiger partial charge in [-0.15, -0.1) is 0 Å². The van der Waals surface area contributed by atoms with Crippen molar-refractivity contribution < 1.29 is 4.74 Å². The van der Waals surface area contributed by atoms with Gasteiger partial charge in [0.2, 0.25) is 0 Å². The molecular weight excluding hydrogens is 264 g/mol. The Balaban J connectivity index is 2.54. The van der Waals surface area contributed by atoms with E-state index in [1.165, 1.54) is 56.3 Å². The first kappa shape index (κ1) is 17.4. The molecular formula is C18H30OS. The highest BCUT2D eigenvalue weighted by atomic mass is 32.2.